The van der Waals surface area contributed by atoms with Crippen molar-refractivity contribution in [2.75, 3.05) is 12.4 Å². The number of rotatable bonds is 7. The Kier molecular flexibility index (Phi) is 6.03. The highest BCUT2D eigenvalue weighted by Gasteiger charge is 2.17. The molecule has 1 aromatic rings. The van der Waals surface area contributed by atoms with E-state index < -0.39 is 15.8 Å². The molecule has 0 saturated carbocycles. The summed E-state index contributed by atoms with van der Waals surface area (Å²) in [5.41, 5.74) is 0. The fraction of sp³-hybridized carbons (Fsp3) is 0.500. The maximum Gasteiger partial charge on any atom is 0.209 e. The summed E-state index contributed by atoms with van der Waals surface area (Å²) < 4.78 is 40.9. The van der Waals surface area contributed by atoms with Crippen molar-refractivity contribution in [3.8, 4) is 5.75 Å². The van der Waals surface area contributed by atoms with E-state index in [0.29, 0.717) is 6.42 Å². The van der Waals surface area contributed by atoms with E-state index in [0.717, 1.165) is 6.42 Å². The summed E-state index contributed by atoms with van der Waals surface area (Å²) in [6.45, 7) is 1.98. The third-order valence-electron chi connectivity index (χ3n) is 2.55. The van der Waals surface area contributed by atoms with Gasteiger partial charge in [-0.25, -0.2) is 17.9 Å². The maximum atomic E-state index is 13.5. The number of primary sulfonamides is 1. The Balaban J connectivity index is 2.71. The minimum atomic E-state index is -3.58. The number of para-hydroxylation sites is 1. The Labute approximate surface area is 117 Å². The predicted octanol–water partition coefficient (Wildman–Crippen LogP) is 2.56. The summed E-state index contributed by atoms with van der Waals surface area (Å²) in [5, 5.41) is 5.17. The zero-order chi connectivity index (χ0) is 14.5. The van der Waals surface area contributed by atoms with Crippen molar-refractivity contribution in [3.05, 3.63) is 29.0 Å². The highest BCUT2D eigenvalue weighted by molar-refractivity contribution is 7.89. The number of halogens is 2. The first-order valence-corrected chi connectivity index (χ1v) is 8.00. The Morgan fingerprint density at radius 1 is 1.47 bits per heavy atom. The molecule has 0 fully saturated rings. The number of sulfonamides is 1. The molecule has 0 amide bonds. The molecule has 0 aromatic heterocycles. The molecule has 2 N–H and O–H groups in total. The van der Waals surface area contributed by atoms with Crippen LogP contribution in [0.5, 0.6) is 5.75 Å². The van der Waals surface area contributed by atoms with E-state index in [4.69, 9.17) is 21.5 Å². The molecule has 0 aliphatic heterocycles. The first-order chi connectivity index (χ1) is 8.83. The lowest BCUT2D eigenvalue weighted by molar-refractivity contribution is 0.243. The Hall–Kier alpha value is -0.850. The van der Waals surface area contributed by atoms with Gasteiger partial charge in [-0.2, -0.15) is 0 Å². The Bertz CT molecular complexity index is 501. The van der Waals surface area contributed by atoms with E-state index in [1.807, 2.05) is 6.92 Å². The monoisotopic (exact) mass is 309 g/mol. The van der Waals surface area contributed by atoms with Crippen LogP contribution in [0.1, 0.15) is 19.8 Å². The third-order valence-corrected chi connectivity index (χ3v) is 3.78. The number of hydrogen-bond donors (Lipinski definition) is 1. The fourth-order valence-electron chi connectivity index (χ4n) is 1.77. The van der Waals surface area contributed by atoms with Gasteiger partial charge in [0.25, 0.3) is 0 Å². The van der Waals surface area contributed by atoms with Crippen LogP contribution in [0.2, 0.25) is 5.02 Å². The number of hydrogen-bond acceptors (Lipinski definition) is 3. The molecule has 1 atom stereocenters. The van der Waals surface area contributed by atoms with E-state index in [-0.39, 0.29) is 29.0 Å². The molecule has 0 bridgehead atoms. The summed E-state index contributed by atoms with van der Waals surface area (Å²) in [5.74, 6) is -1.10. The molecule has 1 unspecified atom stereocenters. The van der Waals surface area contributed by atoms with Crippen LogP contribution in [-0.4, -0.2) is 20.8 Å². The lowest BCUT2D eigenvalue weighted by Crippen LogP contribution is -2.27. The van der Waals surface area contributed by atoms with Crippen molar-refractivity contribution in [2.45, 2.75) is 19.8 Å². The maximum absolute atomic E-state index is 13.5. The predicted molar refractivity (Wildman–Crippen MR) is 73.3 cm³/mol. The first kappa shape index (κ1) is 16.2. The second-order valence-corrected chi connectivity index (χ2v) is 6.41. The van der Waals surface area contributed by atoms with Gasteiger partial charge in [-0.15, -0.1) is 0 Å². The second kappa shape index (κ2) is 7.07. The third kappa shape index (κ3) is 5.76. The lowest BCUT2D eigenvalue weighted by Gasteiger charge is -2.16. The van der Waals surface area contributed by atoms with Gasteiger partial charge in [0.15, 0.2) is 11.6 Å². The highest BCUT2D eigenvalue weighted by Crippen LogP contribution is 2.28. The van der Waals surface area contributed by atoms with Crippen molar-refractivity contribution in [1.29, 1.82) is 0 Å². The molecule has 1 aromatic carbocycles. The molecule has 0 radical (unpaired) electrons. The first-order valence-electron chi connectivity index (χ1n) is 5.90. The number of nitrogens with two attached hydrogens (primary N) is 1. The molecule has 0 heterocycles. The van der Waals surface area contributed by atoms with E-state index in [9.17, 15) is 12.8 Å². The molecule has 0 spiro atoms. The molecule has 0 aliphatic carbocycles. The van der Waals surface area contributed by atoms with Gasteiger partial charge in [0.2, 0.25) is 10.0 Å². The fourth-order valence-corrected chi connectivity index (χ4v) is 2.91. The zero-order valence-corrected chi connectivity index (χ0v) is 12.2. The summed E-state index contributed by atoms with van der Waals surface area (Å²) in [6.07, 6.45) is 1.41. The minimum absolute atomic E-state index is 0.0558. The molecule has 4 nitrogen and oxygen atoms in total. The topological polar surface area (TPSA) is 69.4 Å². The molecular weight excluding hydrogens is 293 g/mol. The number of benzene rings is 1. The van der Waals surface area contributed by atoms with E-state index in [1.54, 1.807) is 0 Å². The van der Waals surface area contributed by atoms with E-state index >= 15 is 0 Å². The van der Waals surface area contributed by atoms with Gasteiger partial charge >= 0.3 is 0 Å². The van der Waals surface area contributed by atoms with Crippen LogP contribution in [-0.2, 0) is 10.0 Å². The molecule has 19 heavy (non-hydrogen) atoms. The van der Waals surface area contributed by atoms with Crippen LogP contribution in [0, 0.1) is 11.7 Å². The number of ether oxygens (including phenoxy) is 1. The summed E-state index contributed by atoms with van der Waals surface area (Å²) in [6, 6.07) is 4.21. The van der Waals surface area contributed by atoms with Crippen LogP contribution >= 0.6 is 11.6 Å². The van der Waals surface area contributed by atoms with Crippen molar-refractivity contribution >= 4 is 21.6 Å². The summed E-state index contributed by atoms with van der Waals surface area (Å²) >= 11 is 5.82. The molecule has 108 valence electrons. The van der Waals surface area contributed by atoms with Gasteiger partial charge in [0.05, 0.1) is 17.4 Å². The SMILES string of the molecule is CCCC(COc1c(F)cccc1Cl)CS(N)(=O)=O. The second-order valence-electron chi connectivity index (χ2n) is 4.35. The van der Waals surface area contributed by atoms with Gasteiger partial charge in [-0.1, -0.05) is 31.0 Å². The molecule has 1 rings (SSSR count). The van der Waals surface area contributed by atoms with Gasteiger partial charge in [-0.05, 0) is 18.6 Å². The average Bonchev–Trinajstić information content (AvgIpc) is 2.26. The van der Waals surface area contributed by atoms with Crippen LogP contribution in [0.15, 0.2) is 18.2 Å². The van der Waals surface area contributed by atoms with Crippen molar-refractivity contribution in [3.63, 3.8) is 0 Å². The van der Waals surface area contributed by atoms with Crippen LogP contribution in [0.25, 0.3) is 0 Å². The van der Waals surface area contributed by atoms with Gasteiger partial charge < -0.3 is 4.74 Å². The summed E-state index contributed by atoms with van der Waals surface area (Å²) in [7, 11) is -3.58. The standard InChI is InChI=1S/C12H17ClFNO3S/c1-2-4-9(8-19(15,16)17)7-18-12-10(13)5-3-6-11(12)14/h3,5-6,9H,2,4,7-8H2,1H3,(H2,15,16,17). The quantitative estimate of drug-likeness (QED) is 0.841. The largest absolute Gasteiger partial charge is 0.489 e. The molecule has 0 saturated heterocycles. The van der Waals surface area contributed by atoms with Gasteiger partial charge in [0.1, 0.15) is 0 Å². The smallest absolute Gasteiger partial charge is 0.209 e. The molecule has 7 heteroatoms. The van der Waals surface area contributed by atoms with Crippen molar-refractivity contribution < 1.29 is 17.5 Å². The highest BCUT2D eigenvalue weighted by atomic mass is 35.5. The van der Waals surface area contributed by atoms with Crippen LogP contribution < -0.4 is 9.88 Å². The van der Waals surface area contributed by atoms with Crippen LogP contribution in [0.4, 0.5) is 4.39 Å². The average molecular weight is 310 g/mol. The molecule has 0 aliphatic rings. The van der Waals surface area contributed by atoms with Crippen molar-refractivity contribution in [1.82, 2.24) is 0 Å². The normalized spacial score (nSPS) is 13.3. The minimum Gasteiger partial charge on any atom is -0.489 e. The zero-order valence-electron chi connectivity index (χ0n) is 10.6. The van der Waals surface area contributed by atoms with E-state index in [1.165, 1.54) is 18.2 Å². The Morgan fingerprint density at radius 3 is 2.68 bits per heavy atom. The lowest BCUT2D eigenvalue weighted by atomic mass is 10.1. The van der Waals surface area contributed by atoms with Crippen molar-refractivity contribution in [2.24, 2.45) is 11.1 Å². The summed E-state index contributed by atoms with van der Waals surface area (Å²) in [4.78, 5) is 0. The van der Waals surface area contributed by atoms with Crippen LogP contribution in [0.3, 0.4) is 0 Å². The molecular formula is C12H17ClFNO3S. The van der Waals surface area contributed by atoms with Gasteiger partial charge in [-0.3, -0.25) is 0 Å². The van der Waals surface area contributed by atoms with E-state index in [2.05, 4.69) is 0 Å². The Morgan fingerprint density at radius 2 is 2.16 bits per heavy atom. The van der Waals surface area contributed by atoms with Gasteiger partial charge in [0, 0.05) is 5.92 Å².